The second-order valence-corrected chi connectivity index (χ2v) is 6.69. The number of carbonyl (C=O) groups is 1. The van der Waals surface area contributed by atoms with Crippen LogP contribution in [0.2, 0.25) is 0 Å². The molecule has 2 atom stereocenters. The van der Waals surface area contributed by atoms with E-state index in [0.29, 0.717) is 25.4 Å². The van der Waals surface area contributed by atoms with Gasteiger partial charge in [0.2, 0.25) is 5.91 Å². The van der Waals surface area contributed by atoms with Crippen molar-refractivity contribution < 1.29 is 4.79 Å². The zero-order valence-corrected chi connectivity index (χ0v) is 15.4. The summed E-state index contributed by atoms with van der Waals surface area (Å²) in [4.78, 5) is 24.7. The van der Waals surface area contributed by atoms with Gasteiger partial charge in [0.05, 0.1) is 11.0 Å². The summed E-state index contributed by atoms with van der Waals surface area (Å²) in [6.07, 6.45) is 4.73. The van der Waals surface area contributed by atoms with Crippen LogP contribution in [0.25, 0.3) is 11.0 Å². The van der Waals surface area contributed by atoms with Crippen molar-refractivity contribution in [2.45, 2.75) is 44.7 Å². The molecule has 1 aliphatic carbocycles. The number of aromatic nitrogens is 2. The average Bonchev–Trinajstić information content (AvgIpc) is 2.85. The molecule has 1 aliphatic rings. The Bertz CT molecular complexity index is 783. The second-order valence-electron chi connectivity index (χ2n) is 6.69. The van der Waals surface area contributed by atoms with E-state index in [0.717, 1.165) is 30.3 Å². The lowest BCUT2D eigenvalue weighted by Gasteiger charge is -2.31. The van der Waals surface area contributed by atoms with Crippen LogP contribution >= 0.6 is 12.4 Å². The molecule has 2 unspecified atom stereocenters. The number of rotatable bonds is 5. The first-order valence-corrected chi connectivity index (χ1v) is 8.75. The molecule has 0 spiro atoms. The molecule has 3 N–H and O–H groups in total. The Balaban J connectivity index is 0.00000225. The number of benzene rings is 1. The number of nitrogens with one attached hydrogen (secondary N) is 1. The third kappa shape index (κ3) is 4.07. The van der Waals surface area contributed by atoms with Crippen molar-refractivity contribution in [2.75, 3.05) is 6.54 Å². The predicted octanol–water partition coefficient (Wildman–Crippen LogP) is 1.79. The van der Waals surface area contributed by atoms with E-state index in [4.69, 9.17) is 5.73 Å². The van der Waals surface area contributed by atoms with E-state index < -0.39 is 0 Å². The minimum Gasteiger partial charge on any atom is -0.353 e. The maximum atomic E-state index is 12.4. The summed E-state index contributed by atoms with van der Waals surface area (Å²) in [5, 5.41) is 3.12. The quantitative estimate of drug-likeness (QED) is 0.846. The molecule has 0 bridgehead atoms. The molecule has 1 aromatic carbocycles. The van der Waals surface area contributed by atoms with Crippen LogP contribution < -0.4 is 16.7 Å². The minimum absolute atomic E-state index is 0. The first kappa shape index (κ1) is 19.5. The maximum Gasteiger partial charge on any atom is 0.328 e. The van der Waals surface area contributed by atoms with Crippen LogP contribution in [0.1, 0.15) is 32.1 Å². The largest absolute Gasteiger partial charge is 0.353 e. The SMILES string of the molecule is Cl.Cn1c(=O)n(CCC(=O)NC2CCCCC2CN)c2ccccc21. The molecule has 1 heterocycles. The van der Waals surface area contributed by atoms with E-state index in [1.165, 1.54) is 6.42 Å². The van der Waals surface area contributed by atoms with E-state index in [2.05, 4.69) is 5.32 Å². The predicted molar refractivity (Wildman–Crippen MR) is 102 cm³/mol. The Kier molecular flexibility index (Phi) is 6.67. The average molecular weight is 367 g/mol. The molecular weight excluding hydrogens is 340 g/mol. The van der Waals surface area contributed by atoms with Gasteiger partial charge in [-0.05, 0) is 37.4 Å². The number of para-hydroxylation sites is 2. The highest BCUT2D eigenvalue weighted by molar-refractivity contribution is 5.85. The van der Waals surface area contributed by atoms with Gasteiger partial charge >= 0.3 is 5.69 Å². The fourth-order valence-electron chi connectivity index (χ4n) is 3.75. The van der Waals surface area contributed by atoms with Crippen LogP contribution in [0.5, 0.6) is 0 Å². The molecule has 0 saturated heterocycles. The van der Waals surface area contributed by atoms with Crippen molar-refractivity contribution in [3.8, 4) is 0 Å². The second kappa shape index (κ2) is 8.54. The first-order valence-electron chi connectivity index (χ1n) is 8.75. The Morgan fingerprint density at radius 3 is 2.64 bits per heavy atom. The molecule has 1 saturated carbocycles. The van der Waals surface area contributed by atoms with Crippen molar-refractivity contribution >= 4 is 29.3 Å². The topological polar surface area (TPSA) is 82.0 Å². The van der Waals surface area contributed by atoms with Crippen LogP contribution in [0.15, 0.2) is 29.1 Å². The Morgan fingerprint density at radius 2 is 1.92 bits per heavy atom. The summed E-state index contributed by atoms with van der Waals surface area (Å²) in [5.74, 6) is 0.378. The molecule has 1 aromatic heterocycles. The Hall–Kier alpha value is -1.79. The van der Waals surface area contributed by atoms with Crippen molar-refractivity contribution in [3.63, 3.8) is 0 Å². The highest BCUT2D eigenvalue weighted by Crippen LogP contribution is 2.23. The van der Waals surface area contributed by atoms with Gasteiger partial charge in [0.1, 0.15) is 0 Å². The summed E-state index contributed by atoms with van der Waals surface area (Å²) in [5.41, 5.74) is 7.50. The standard InChI is InChI=1S/C18H26N4O2.ClH/c1-21-15-8-4-5-9-16(15)22(18(21)24)11-10-17(23)20-14-7-3-2-6-13(14)12-19;/h4-5,8-9,13-14H,2-3,6-7,10-12,19H2,1H3,(H,20,23);1H. The summed E-state index contributed by atoms with van der Waals surface area (Å²) in [6.45, 7) is 1.01. The van der Waals surface area contributed by atoms with Crippen LogP contribution in [0, 0.1) is 5.92 Å². The number of nitrogens with two attached hydrogens (primary N) is 1. The van der Waals surface area contributed by atoms with Crippen molar-refractivity contribution in [2.24, 2.45) is 18.7 Å². The molecule has 6 nitrogen and oxygen atoms in total. The molecule has 25 heavy (non-hydrogen) atoms. The zero-order chi connectivity index (χ0) is 17.1. The molecular formula is C18H27ClN4O2. The van der Waals surface area contributed by atoms with Gasteiger partial charge in [0.15, 0.2) is 0 Å². The Morgan fingerprint density at radius 1 is 1.24 bits per heavy atom. The van der Waals surface area contributed by atoms with Crippen molar-refractivity contribution in [3.05, 3.63) is 34.7 Å². The maximum absolute atomic E-state index is 12.4. The van der Waals surface area contributed by atoms with Gasteiger partial charge in [-0.15, -0.1) is 12.4 Å². The lowest BCUT2D eigenvalue weighted by atomic mass is 9.84. The van der Waals surface area contributed by atoms with Gasteiger partial charge in [0, 0.05) is 26.1 Å². The van der Waals surface area contributed by atoms with Crippen LogP contribution in [-0.4, -0.2) is 27.6 Å². The highest BCUT2D eigenvalue weighted by Gasteiger charge is 2.25. The summed E-state index contributed by atoms with van der Waals surface area (Å²) in [7, 11) is 1.76. The van der Waals surface area contributed by atoms with Crippen molar-refractivity contribution in [1.29, 1.82) is 0 Å². The summed E-state index contributed by atoms with van der Waals surface area (Å²) in [6, 6.07) is 7.84. The van der Waals surface area contributed by atoms with Gasteiger partial charge in [0.25, 0.3) is 0 Å². The fourth-order valence-corrected chi connectivity index (χ4v) is 3.75. The fraction of sp³-hybridized carbons (Fsp3) is 0.556. The van der Waals surface area contributed by atoms with Gasteiger partial charge in [-0.2, -0.15) is 0 Å². The van der Waals surface area contributed by atoms with Gasteiger partial charge < -0.3 is 11.1 Å². The first-order chi connectivity index (χ1) is 11.6. The van der Waals surface area contributed by atoms with Crippen LogP contribution in [0.3, 0.4) is 0 Å². The minimum atomic E-state index is -0.0819. The van der Waals surface area contributed by atoms with E-state index in [-0.39, 0.29) is 30.0 Å². The molecule has 3 rings (SSSR count). The Labute approximate surface area is 153 Å². The van der Waals surface area contributed by atoms with Crippen LogP contribution in [0.4, 0.5) is 0 Å². The lowest BCUT2D eigenvalue weighted by molar-refractivity contribution is -0.122. The van der Waals surface area contributed by atoms with Crippen LogP contribution in [-0.2, 0) is 18.4 Å². The van der Waals surface area contributed by atoms with E-state index in [9.17, 15) is 9.59 Å². The molecule has 138 valence electrons. The smallest absolute Gasteiger partial charge is 0.328 e. The molecule has 2 aromatic rings. The van der Waals surface area contributed by atoms with Gasteiger partial charge in [-0.3, -0.25) is 13.9 Å². The van der Waals surface area contributed by atoms with E-state index in [1.807, 2.05) is 24.3 Å². The number of nitrogens with zero attached hydrogens (tertiary/aromatic N) is 2. The van der Waals surface area contributed by atoms with Gasteiger partial charge in [-0.25, -0.2) is 4.79 Å². The molecule has 1 fully saturated rings. The highest BCUT2D eigenvalue weighted by atomic mass is 35.5. The van der Waals surface area contributed by atoms with Crippen molar-refractivity contribution in [1.82, 2.24) is 14.5 Å². The zero-order valence-electron chi connectivity index (χ0n) is 14.6. The molecule has 0 aliphatic heterocycles. The van der Waals surface area contributed by atoms with E-state index in [1.54, 1.807) is 16.2 Å². The number of imidazole rings is 1. The third-order valence-electron chi connectivity index (χ3n) is 5.17. The number of carbonyl (C=O) groups excluding carboxylic acids is 1. The monoisotopic (exact) mass is 366 g/mol. The summed E-state index contributed by atoms with van der Waals surface area (Å²) < 4.78 is 3.30. The lowest BCUT2D eigenvalue weighted by Crippen LogP contribution is -2.45. The number of halogens is 1. The van der Waals surface area contributed by atoms with Gasteiger partial charge in [-0.1, -0.05) is 25.0 Å². The summed E-state index contributed by atoms with van der Waals surface area (Å²) >= 11 is 0. The number of hydrogen-bond donors (Lipinski definition) is 2. The number of fused-ring (bicyclic) bond motifs is 1. The molecule has 7 heteroatoms. The third-order valence-corrected chi connectivity index (χ3v) is 5.17. The molecule has 1 amide bonds. The van der Waals surface area contributed by atoms with E-state index >= 15 is 0 Å². The normalized spacial score (nSPS) is 20.2. The molecule has 0 radical (unpaired) electrons. The number of hydrogen-bond acceptors (Lipinski definition) is 3. The number of amides is 1. The number of aryl methyl sites for hydroxylation is 2.